The van der Waals surface area contributed by atoms with Gasteiger partial charge in [0.25, 0.3) is 11.6 Å². The maximum Gasteiger partial charge on any atom is 0.272 e. The molecule has 0 unspecified atom stereocenters. The maximum absolute atomic E-state index is 12.7. The highest BCUT2D eigenvalue weighted by molar-refractivity contribution is 6.04. The average molecular weight is 422 g/mol. The minimum absolute atomic E-state index is 0.114. The molecule has 0 atom stereocenters. The van der Waals surface area contributed by atoms with Gasteiger partial charge in [-0.25, -0.2) is 0 Å². The monoisotopic (exact) mass is 422 g/mol. The van der Waals surface area contributed by atoms with Crippen LogP contribution in [0.15, 0.2) is 103 Å². The van der Waals surface area contributed by atoms with E-state index < -0.39 is 0 Å². The number of nitrogens with zero attached hydrogens (tertiary/aromatic N) is 1. The number of aryl methyl sites for hydroxylation is 2. The fraction of sp³-hybridized carbons (Fsp3) is 0.0741. The van der Waals surface area contributed by atoms with E-state index in [0.717, 1.165) is 22.4 Å². The number of para-hydroxylation sites is 1. The van der Waals surface area contributed by atoms with Gasteiger partial charge >= 0.3 is 0 Å². The van der Waals surface area contributed by atoms with Gasteiger partial charge in [-0.15, -0.1) is 0 Å². The van der Waals surface area contributed by atoms with Crippen molar-refractivity contribution >= 4 is 17.3 Å². The fourth-order valence-corrected chi connectivity index (χ4v) is 3.63. The summed E-state index contributed by atoms with van der Waals surface area (Å²) in [5, 5.41) is 14.4. The third kappa shape index (κ3) is 5.08. The van der Waals surface area contributed by atoms with Crippen molar-refractivity contribution in [2.45, 2.75) is 12.8 Å². The summed E-state index contributed by atoms with van der Waals surface area (Å²) in [5.74, 6) is -0.204. The molecule has 0 radical (unpaired) electrons. The molecular formula is C27H22N2O3. The SMILES string of the molecule is O=C(Nc1ccccc1)c1cccc(-c2ccc([N+](=O)[O-])c(CCc3ccccc3)c2)c1. The van der Waals surface area contributed by atoms with E-state index in [1.54, 1.807) is 24.3 Å². The lowest BCUT2D eigenvalue weighted by atomic mass is 9.96. The molecule has 0 saturated heterocycles. The van der Waals surface area contributed by atoms with Crippen LogP contribution >= 0.6 is 0 Å². The molecule has 0 heterocycles. The summed E-state index contributed by atoms with van der Waals surface area (Å²) in [6.07, 6.45) is 1.27. The molecule has 158 valence electrons. The van der Waals surface area contributed by atoms with Crippen LogP contribution in [0.1, 0.15) is 21.5 Å². The molecule has 4 aromatic carbocycles. The molecule has 4 aromatic rings. The summed E-state index contributed by atoms with van der Waals surface area (Å²) in [6, 6.07) is 31.6. The van der Waals surface area contributed by atoms with Crippen LogP contribution in [0.4, 0.5) is 11.4 Å². The van der Waals surface area contributed by atoms with E-state index >= 15 is 0 Å². The molecule has 0 fully saturated rings. The van der Waals surface area contributed by atoms with E-state index in [1.165, 1.54) is 0 Å². The van der Waals surface area contributed by atoms with E-state index in [9.17, 15) is 14.9 Å². The van der Waals surface area contributed by atoms with Crippen LogP contribution in [0.3, 0.4) is 0 Å². The molecule has 1 amide bonds. The van der Waals surface area contributed by atoms with E-state index in [0.29, 0.717) is 24.0 Å². The molecular weight excluding hydrogens is 400 g/mol. The van der Waals surface area contributed by atoms with Gasteiger partial charge in [0.1, 0.15) is 0 Å². The van der Waals surface area contributed by atoms with Crippen LogP contribution in [-0.4, -0.2) is 10.8 Å². The zero-order valence-corrected chi connectivity index (χ0v) is 17.4. The van der Waals surface area contributed by atoms with Gasteiger partial charge in [0, 0.05) is 22.9 Å². The Morgan fingerprint density at radius 1 is 0.750 bits per heavy atom. The van der Waals surface area contributed by atoms with Gasteiger partial charge in [-0.05, 0) is 65.9 Å². The Bertz CT molecular complexity index is 1240. The first kappa shape index (κ1) is 21.0. The molecule has 0 aliphatic carbocycles. The molecule has 0 saturated carbocycles. The summed E-state index contributed by atoms with van der Waals surface area (Å²) < 4.78 is 0. The Morgan fingerprint density at radius 2 is 1.44 bits per heavy atom. The van der Waals surface area contributed by atoms with Gasteiger partial charge in [-0.2, -0.15) is 0 Å². The van der Waals surface area contributed by atoms with Gasteiger partial charge in [-0.1, -0.05) is 60.7 Å². The largest absolute Gasteiger partial charge is 0.322 e. The number of rotatable bonds is 7. The Labute approximate surface area is 186 Å². The number of carbonyl (C=O) groups excluding carboxylic acids is 1. The smallest absolute Gasteiger partial charge is 0.272 e. The molecule has 4 rings (SSSR count). The van der Waals surface area contributed by atoms with Crippen molar-refractivity contribution in [2.24, 2.45) is 0 Å². The number of hydrogen-bond donors (Lipinski definition) is 1. The molecule has 32 heavy (non-hydrogen) atoms. The minimum atomic E-state index is -0.339. The number of nitro benzene ring substituents is 1. The molecule has 1 N–H and O–H groups in total. The molecule has 0 aliphatic rings. The number of amides is 1. The average Bonchev–Trinajstić information content (AvgIpc) is 2.84. The quantitative estimate of drug-likeness (QED) is 0.281. The van der Waals surface area contributed by atoms with Crippen LogP contribution < -0.4 is 5.32 Å². The second-order valence-corrected chi connectivity index (χ2v) is 7.49. The van der Waals surface area contributed by atoms with Crippen molar-refractivity contribution in [2.75, 3.05) is 5.32 Å². The third-order valence-corrected chi connectivity index (χ3v) is 5.29. The lowest BCUT2D eigenvalue weighted by Crippen LogP contribution is -2.11. The maximum atomic E-state index is 12.7. The van der Waals surface area contributed by atoms with E-state index in [-0.39, 0.29) is 16.5 Å². The standard InChI is InChI=1S/C27H22N2O3/c30-27(28-25-12-5-2-6-13-25)24-11-7-10-21(19-24)22-16-17-26(29(31)32)23(18-22)15-14-20-8-3-1-4-9-20/h1-13,16-19H,14-15H2,(H,28,30). The molecule has 5 nitrogen and oxygen atoms in total. The summed E-state index contributed by atoms with van der Waals surface area (Å²) in [6.45, 7) is 0. The molecule has 5 heteroatoms. The summed E-state index contributed by atoms with van der Waals surface area (Å²) in [4.78, 5) is 23.9. The second-order valence-electron chi connectivity index (χ2n) is 7.49. The van der Waals surface area contributed by atoms with E-state index in [1.807, 2.05) is 78.9 Å². The van der Waals surface area contributed by atoms with Crippen LogP contribution in [0.5, 0.6) is 0 Å². The van der Waals surface area contributed by atoms with Crippen LogP contribution in [0.25, 0.3) is 11.1 Å². The van der Waals surface area contributed by atoms with Crippen molar-refractivity contribution in [3.8, 4) is 11.1 Å². The predicted molar refractivity (Wildman–Crippen MR) is 127 cm³/mol. The number of benzene rings is 4. The lowest BCUT2D eigenvalue weighted by molar-refractivity contribution is -0.385. The Morgan fingerprint density at radius 3 is 2.16 bits per heavy atom. The first-order chi connectivity index (χ1) is 15.6. The van der Waals surface area contributed by atoms with E-state index in [2.05, 4.69) is 5.32 Å². The number of hydrogen-bond acceptors (Lipinski definition) is 3. The highest BCUT2D eigenvalue weighted by atomic mass is 16.6. The second kappa shape index (κ2) is 9.71. The molecule has 0 spiro atoms. The van der Waals surface area contributed by atoms with Crippen LogP contribution in [0.2, 0.25) is 0 Å². The molecule has 0 bridgehead atoms. The lowest BCUT2D eigenvalue weighted by Gasteiger charge is -2.10. The number of carbonyl (C=O) groups is 1. The topological polar surface area (TPSA) is 72.2 Å². The zero-order chi connectivity index (χ0) is 22.3. The number of nitrogens with one attached hydrogen (secondary N) is 1. The predicted octanol–water partition coefficient (Wildman–Crippen LogP) is 6.30. The van der Waals surface area contributed by atoms with Crippen molar-refractivity contribution in [3.05, 3.63) is 130 Å². The minimum Gasteiger partial charge on any atom is -0.322 e. The third-order valence-electron chi connectivity index (χ3n) is 5.29. The highest BCUT2D eigenvalue weighted by Gasteiger charge is 2.15. The fourth-order valence-electron chi connectivity index (χ4n) is 3.63. The Hall–Kier alpha value is -4.25. The first-order valence-corrected chi connectivity index (χ1v) is 10.4. The van der Waals surface area contributed by atoms with Gasteiger partial charge in [0.15, 0.2) is 0 Å². The van der Waals surface area contributed by atoms with Gasteiger partial charge in [0.05, 0.1) is 4.92 Å². The van der Waals surface area contributed by atoms with Crippen molar-refractivity contribution in [3.63, 3.8) is 0 Å². The van der Waals surface area contributed by atoms with Gasteiger partial charge in [0.2, 0.25) is 0 Å². The van der Waals surface area contributed by atoms with Gasteiger partial charge in [-0.3, -0.25) is 14.9 Å². The normalized spacial score (nSPS) is 10.5. The molecule has 0 aliphatic heterocycles. The molecule has 0 aromatic heterocycles. The summed E-state index contributed by atoms with van der Waals surface area (Å²) >= 11 is 0. The Kier molecular flexibility index (Phi) is 6.37. The zero-order valence-electron chi connectivity index (χ0n) is 17.4. The van der Waals surface area contributed by atoms with Crippen LogP contribution in [0, 0.1) is 10.1 Å². The van der Waals surface area contributed by atoms with Crippen molar-refractivity contribution in [1.29, 1.82) is 0 Å². The Balaban J connectivity index is 1.59. The van der Waals surface area contributed by atoms with Crippen LogP contribution in [-0.2, 0) is 12.8 Å². The van der Waals surface area contributed by atoms with Crippen molar-refractivity contribution < 1.29 is 9.72 Å². The van der Waals surface area contributed by atoms with Crippen molar-refractivity contribution in [1.82, 2.24) is 0 Å². The van der Waals surface area contributed by atoms with E-state index in [4.69, 9.17) is 0 Å². The summed E-state index contributed by atoms with van der Waals surface area (Å²) in [5.41, 5.74) is 4.84. The number of nitro groups is 1. The first-order valence-electron chi connectivity index (χ1n) is 10.4. The summed E-state index contributed by atoms with van der Waals surface area (Å²) in [7, 11) is 0. The number of anilines is 1. The van der Waals surface area contributed by atoms with Gasteiger partial charge < -0.3 is 5.32 Å². The highest BCUT2D eigenvalue weighted by Crippen LogP contribution is 2.28.